The zero-order valence-corrected chi connectivity index (χ0v) is 10.9. The fourth-order valence-electron chi connectivity index (χ4n) is 1.83. The summed E-state index contributed by atoms with van der Waals surface area (Å²) in [5.74, 6) is 0.304. The molecule has 0 aromatic heterocycles. The highest BCUT2D eigenvalue weighted by Gasteiger charge is 2.18. The van der Waals surface area contributed by atoms with Gasteiger partial charge >= 0.3 is 5.97 Å². The molecule has 0 bridgehead atoms. The van der Waals surface area contributed by atoms with E-state index in [4.69, 9.17) is 4.74 Å². The van der Waals surface area contributed by atoms with Crippen LogP contribution < -0.4 is 10.1 Å². The molecule has 2 rings (SSSR count). The van der Waals surface area contributed by atoms with Crippen molar-refractivity contribution in [3.63, 3.8) is 0 Å². The average molecular weight is 255 g/mol. The largest absolute Gasteiger partial charge is 0.425 e. The summed E-state index contributed by atoms with van der Waals surface area (Å²) in [5.41, 5.74) is 1.10. The number of carbonyl (C=O) groups excluding carboxylic acids is 1. The summed E-state index contributed by atoms with van der Waals surface area (Å²) < 4.78 is 5.34. The third kappa shape index (κ3) is 3.93. The van der Waals surface area contributed by atoms with Crippen LogP contribution in [0.3, 0.4) is 0 Å². The fourth-order valence-corrected chi connectivity index (χ4v) is 1.83. The van der Waals surface area contributed by atoms with Crippen molar-refractivity contribution in [3.05, 3.63) is 66.2 Å². The smallest absolute Gasteiger partial charge is 0.328 e. The van der Waals surface area contributed by atoms with Crippen LogP contribution in [0.15, 0.2) is 60.7 Å². The molecule has 0 aliphatic rings. The molecule has 2 aromatic rings. The van der Waals surface area contributed by atoms with Crippen LogP contribution in [-0.4, -0.2) is 19.1 Å². The molecule has 0 radical (unpaired) electrons. The number of carbonyl (C=O) groups is 1. The molecular weight excluding hydrogens is 238 g/mol. The third-order valence-corrected chi connectivity index (χ3v) is 2.88. The molecule has 0 unspecified atom stereocenters. The SMILES string of the molecule is CN[C@@H](Cc1ccccc1)C(=O)Oc1ccccc1. The average Bonchev–Trinajstić information content (AvgIpc) is 2.47. The number of nitrogens with one attached hydrogen (secondary N) is 1. The third-order valence-electron chi connectivity index (χ3n) is 2.88. The van der Waals surface area contributed by atoms with E-state index < -0.39 is 0 Å². The Bertz CT molecular complexity index is 511. The Morgan fingerprint density at radius 2 is 1.63 bits per heavy atom. The Balaban J connectivity index is 2.00. The molecule has 1 N–H and O–H groups in total. The predicted octanol–water partition coefficient (Wildman–Crippen LogP) is 2.42. The monoisotopic (exact) mass is 255 g/mol. The molecule has 3 nitrogen and oxygen atoms in total. The molecule has 0 spiro atoms. The Hall–Kier alpha value is -2.13. The summed E-state index contributed by atoms with van der Waals surface area (Å²) >= 11 is 0. The lowest BCUT2D eigenvalue weighted by Crippen LogP contribution is -2.39. The van der Waals surface area contributed by atoms with Crippen LogP contribution in [0.25, 0.3) is 0 Å². The van der Waals surface area contributed by atoms with Gasteiger partial charge in [-0.15, -0.1) is 0 Å². The lowest BCUT2D eigenvalue weighted by molar-refractivity contribution is -0.136. The van der Waals surface area contributed by atoms with Gasteiger partial charge in [0.05, 0.1) is 0 Å². The van der Waals surface area contributed by atoms with Crippen molar-refractivity contribution in [2.75, 3.05) is 7.05 Å². The van der Waals surface area contributed by atoms with Gasteiger partial charge in [0, 0.05) is 0 Å². The van der Waals surface area contributed by atoms with Gasteiger partial charge in [0.1, 0.15) is 11.8 Å². The minimum absolute atomic E-state index is 0.266. The van der Waals surface area contributed by atoms with E-state index in [-0.39, 0.29) is 12.0 Å². The number of rotatable bonds is 5. The van der Waals surface area contributed by atoms with Crippen molar-refractivity contribution in [1.82, 2.24) is 5.32 Å². The topological polar surface area (TPSA) is 38.3 Å². The van der Waals surface area contributed by atoms with Gasteiger partial charge < -0.3 is 10.1 Å². The second-order valence-corrected chi connectivity index (χ2v) is 4.27. The molecule has 98 valence electrons. The molecule has 1 atom stereocenters. The van der Waals surface area contributed by atoms with Gasteiger partial charge in [-0.2, -0.15) is 0 Å². The van der Waals surface area contributed by atoms with E-state index in [1.54, 1.807) is 19.2 Å². The van der Waals surface area contributed by atoms with Crippen molar-refractivity contribution in [3.8, 4) is 5.75 Å². The molecule has 0 aliphatic carbocycles. The highest BCUT2D eigenvalue weighted by Crippen LogP contribution is 2.11. The Labute approximate surface area is 113 Å². The van der Waals surface area contributed by atoms with Gasteiger partial charge in [0.2, 0.25) is 0 Å². The molecule has 2 aromatic carbocycles. The molecule has 0 saturated carbocycles. The number of esters is 1. The molecule has 3 heteroatoms. The first kappa shape index (κ1) is 13.3. The van der Waals surface area contributed by atoms with E-state index in [0.29, 0.717) is 12.2 Å². The maximum Gasteiger partial charge on any atom is 0.328 e. The summed E-state index contributed by atoms with van der Waals surface area (Å²) in [7, 11) is 1.76. The van der Waals surface area contributed by atoms with Gasteiger partial charge in [-0.05, 0) is 31.2 Å². The minimum atomic E-state index is -0.345. The van der Waals surface area contributed by atoms with Crippen LogP contribution in [0.5, 0.6) is 5.75 Å². The van der Waals surface area contributed by atoms with Crippen LogP contribution >= 0.6 is 0 Å². The standard InChI is InChI=1S/C16H17NO2/c1-17-15(12-13-8-4-2-5-9-13)16(18)19-14-10-6-3-7-11-14/h2-11,15,17H,12H2,1H3/t15-/m0/s1. The van der Waals surface area contributed by atoms with E-state index in [2.05, 4.69) is 5.32 Å². The highest BCUT2D eigenvalue weighted by molar-refractivity contribution is 5.78. The van der Waals surface area contributed by atoms with Gasteiger partial charge in [-0.25, -0.2) is 4.79 Å². The van der Waals surface area contributed by atoms with Gasteiger partial charge in [-0.3, -0.25) is 0 Å². The molecule has 0 heterocycles. The number of para-hydroxylation sites is 1. The van der Waals surface area contributed by atoms with Crippen LogP contribution in [-0.2, 0) is 11.2 Å². The molecular formula is C16H17NO2. The predicted molar refractivity (Wildman–Crippen MR) is 75.1 cm³/mol. The molecule has 0 aliphatic heterocycles. The summed E-state index contributed by atoms with van der Waals surface area (Å²) in [6, 6.07) is 18.7. The maximum atomic E-state index is 12.1. The molecule has 0 saturated heterocycles. The van der Waals surface area contributed by atoms with Crippen molar-refractivity contribution in [2.45, 2.75) is 12.5 Å². The Morgan fingerprint density at radius 3 is 2.21 bits per heavy atom. The lowest BCUT2D eigenvalue weighted by atomic mass is 10.1. The van der Waals surface area contributed by atoms with E-state index in [9.17, 15) is 4.79 Å². The fraction of sp³-hybridized carbons (Fsp3) is 0.188. The van der Waals surface area contributed by atoms with E-state index in [0.717, 1.165) is 5.56 Å². The first-order valence-electron chi connectivity index (χ1n) is 6.27. The Kier molecular flexibility index (Phi) is 4.70. The van der Waals surface area contributed by atoms with Crippen LogP contribution in [0.1, 0.15) is 5.56 Å². The quantitative estimate of drug-likeness (QED) is 0.658. The second-order valence-electron chi connectivity index (χ2n) is 4.27. The van der Waals surface area contributed by atoms with Gasteiger partial charge in [0.15, 0.2) is 0 Å². The van der Waals surface area contributed by atoms with Crippen LogP contribution in [0, 0.1) is 0 Å². The minimum Gasteiger partial charge on any atom is -0.425 e. The number of hydrogen-bond donors (Lipinski definition) is 1. The van der Waals surface area contributed by atoms with Crippen LogP contribution in [0.4, 0.5) is 0 Å². The summed E-state index contributed by atoms with van der Waals surface area (Å²) in [5, 5.41) is 3.00. The maximum absolute atomic E-state index is 12.1. The summed E-state index contributed by atoms with van der Waals surface area (Å²) in [6.07, 6.45) is 0.614. The number of benzene rings is 2. The number of hydrogen-bond acceptors (Lipinski definition) is 3. The van der Waals surface area contributed by atoms with Gasteiger partial charge in [-0.1, -0.05) is 48.5 Å². The Morgan fingerprint density at radius 1 is 1.05 bits per heavy atom. The second kappa shape index (κ2) is 6.71. The number of likely N-dealkylation sites (N-methyl/N-ethyl adjacent to an activating group) is 1. The van der Waals surface area contributed by atoms with Crippen LogP contribution in [0.2, 0.25) is 0 Å². The summed E-state index contributed by atoms with van der Waals surface area (Å²) in [6.45, 7) is 0. The zero-order chi connectivity index (χ0) is 13.5. The van der Waals surface area contributed by atoms with Crippen molar-refractivity contribution < 1.29 is 9.53 Å². The number of ether oxygens (including phenoxy) is 1. The summed E-state index contributed by atoms with van der Waals surface area (Å²) in [4.78, 5) is 12.1. The van der Waals surface area contributed by atoms with E-state index in [1.807, 2.05) is 48.5 Å². The van der Waals surface area contributed by atoms with Crippen molar-refractivity contribution >= 4 is 5.97 Å². The molecule has 0 amide bonds. The molecule has 19 heavy (non-hydrogen) atoms. The lowest BCUT2D eigenvalue weighted by Gasteiger charge is -2.15. The normalized spacial score (nSPS) is 11.8. The van der Waals surface area contributed by atoms with E-state index >= 15 is 0 Å². The first-order chi connectivity index (χ1) is 9.29. The zero-order valence-electron chi connectivity index (χ0n) is 10.9. The first-order valence-corrected chi connectivity index (χ1v) is 6.27. The van der Waals surface area contributed by atoms with Crippen molar-refractivity contribution in [1.29, 1.82) is 0 Å². The molecule has 0 fully saturated rings. The van der Waals surface area contributed by atoms with Gasteiger partial charge in [0.25, 0.3) is 0 Å². The highest BCUT2D eigenvalue weighted by atomic mass is 16.5. The van der Waals surface area contributed by atoms with E-state index in [1.165, 1.54) is 0 Å². The van der Waals surface area contributed by atoms with Crippen molar-refractivity contribution in [2.24, 2.45) is 0 Å².